The van der Waals surface area contributed by atoms with Gasteiger partial charge in [0.25, 0.3) is 5.91 Å². The van der Waals surface area contributed by atoms with Crippen molar-refractivity contribution in [2.45, 2.75) is 13.0 Å². The largest absolute Gasteiger partial charge is 0.344 e. The highest BCUT2D eigenvalue weighted by atomic mass is 32.1. The number of amides is 1. The molecule has 0 aliphatic rings. The van der Waals surface area contributed by atoms with Gasteiger partial charge in [-0.15, -0.1) is 11.3 Å². The molecule has 1 aromatic carbocycles. The van der Waals surface area contributed by atoms with E-state index in [1.165, 1.54) is 17.7 Å². The normalized spacial score (nSPS) is 12.0. The van der Waals surface area contributed by atoms with Crippen LogP contribution in [0.5, 0.6) is 0 Å². The number of thiazole rings is 1. The van der Waals surface area contributed by atoms with E-state index >= 15 is 0 Å². The van der Waals surface area contributed by atoms with Gasteiger partial charge in [0, 0.05) is 16.3 Å². The van der Waals surface area contributed by atoms with Gasteiger partial charge < -0.3 is 5.32 Å². The Balaban J connectivity index is 1.44. The van der Waals surface area contributed by atoms with Crippen LogP contribution in [0.1, 0.15) is 29.0 Å². The summed E-state index contributed by atoms with van der Waals surface area (Å²) in [6.45, 7) is 1.95. The lowest BCUT2D eigenvalue weighted by Gasteiger charge is -2.14. The van der Waals surface area contributed by atoms with Gasteiger partial charge in [0.15, 0.2) is 0 Å². The standard InChI is InChI=1S/C18H15N5OS2/c1-12(13-2-4-15(5-3-13)23-11-19-10-20-23)21-17(24)16-9-26-18(22-16)14-6-7-25-8-14/h2-12H,1H3,(H,21,24)/t12-/m0/s1. The number of benzene rings is 1. The minimum Gasteiger partial charge on any atom is -0.344 e. The number of nitrogens with one attached hydrogen (secondary N) is 1. The van der Waals surface area contributed by atoms with E-state index in [9.17, 15) is 4.79 Å². The molecule has 0 aliphatic heterocycles. The van der Waals surface area contributed by atoms with Crippen LogP contribution in [0.2, 0.25) is 0 Å². The first-order chi connectivity index (χ1) is 12.7. The van der Waals surface area contributed by atoms with Crippen molar-refractivity contribution < 1.29 is 4.79 Å². The lowest BCUT2D eigenvalue weighted by atomic mass is 10.1. The van der Waals surface area contributed by atoms with Crippen molar-refractivity contribution in [3.05, 3.63) is 70.4 Å². The Morgan fingerprint density at radius 3 is 2.73 bits per heavy atom. The van der Waals surface area contributed by atoms with Crippen LogP contribution in [0.4, 0.5) is 0 Å². The van der Waals surface area contributed by atoms with E-state index in [-0.39, 0.29) is 11.9 Å². The number of thiophene rings is 1. The summed E-state index contributed by atoms with van der Waals surface area (Å²) >= 11 is 3.09. The summed E-state index contributed by atoms with van der Waals surface area (Å²) in [7, 11) is 0. The minimum atomic E-state index is -0.171. The first kappa shape index (κ1) is 16.6. The predicted octanol–water partition coefficient (Wildman–Crippen LogP) is 3.94. The number of carbonyl (C=O) groups excluding carboxylic acids is 1. The van der Waals surface area contributed by atoms with Crippen LogP contribution in [0, 0.1) is 0 Å². The molecule has 0 bridgehead atoms. The van der Waals surface area contributed by atoms with Crippen LogP contribution < -0.4 is 5.32 Å². The second kappa shape index (κ2) is 7.19. The van der Waals surface area contributed by atoms with Crippen LogP contribution in [0.3, 0.4) is 0 Å². The molecule has 0 unspecified atom stereocenters. The molecule has 0 saturated heterocycles. The average Bonchev–Trinajstić information content (AvgIpc) is 3.43. The molecule has 0 saturated carbocycles. The topological polar surface area (TPSA) is 72.7 Å². The quantitative estimate of drug-likeness (QED) is 0.568. The van der Waals surface area contributed by atoms with Gasteiger partial charge in [-0.2, -0.15) is 16.4 Å². The van der Waals surface area contributed by atoms with E-state index in [0.717, 1.165) is 21.8 Å². The maximum absolute atomic E-state index is 12.5. The zero-order chi connectivity index (χ0) is 17.9. The number of aromatic nitrogens is 4. The zero-order valence-electron chi connectivity index (χ0n) is 13.9. The van der Waals surface area contributed by atoms with Crippen LogP contribution in [0.25, 0.3) is 16.3 Å². The summed E-state index contributed by atoms with van der Waals surface area (Å²) in [5, 5.41) is 13.8. The maximum atomic E-state index is 12.5. The monoisotopic (exact) mass is 381 g/mol. The van der Waals surface area contributed by atoms with Crippen molar-refractivity contribution in [1.29, 1.82) is 0 Å². The molecule has 0 fully saturated rings. The Morgan fingerprint density at radius 2 is 2.04 bits per heavy atom. The van der Waals surface area contributed by atoms with Crippen LogP contribution in [-0.4, -0.2) is 25.7 Å². The molecule has 3 heterocycles. The number of nitrogens with zero attached hydrogens (tertiary/aromatic N) is 4. The third-order valence-corrected chi connectivity index (χ3v) is 5.50. The number of hydrogen-bond donors (Lipinski definition) is 1. The highest BCUT2D eigenvalue weighted by Gasteiger charge is 2.15. The second-order valence-corrected chi connectivity index (χ2v) is 7.31. The van der Waals surface area contributed by atoms with E-state index in [0.29, 0.717) is 5.69 Å². The van der Waals surface area contributed by atoms with Gasteiger partial charge in [0.2, 0.25) is 0 Å². The summed E-state index contributed by atoms with van der Waals surface area (Å²) in [5.74, 6) is -0.171. The number of rotatable bonds is 5. The first-order valence-electron chi connectivity index (χ1n) is 7.94. The maximum Gasteiger partial charge on any atom is 0.271 e. The third kappa shape index (κ3) is 3.42. The average molecular weight is 381 g/mol. The molecule has 0 radical (unpaired) electrons. The lowest BCUT2D eigenvalue weighted by molar-refractivity contribution is 0.0935. The Labute approximate surface area is 158 Å². The van der Waals surface area contributed by atoms with E-state index < -0.39 is 0 Å². The van der Waals surface area contributed by atoms with Gasteiger partial charge >= 0.3 is 0 Å². The number of hydrogen-bond acceptors (Lipinski definition) is 6. The molecule has 3 aromatic heterocycles. The van der Waals surface area contributed by atoms with Crippen LogP contribution in [0.15, 0.2) is 59.1 Å². The molecule has 4 rings (SSSR count). The van der Waals surface area contributed by atoms with Gasteiger partial charge in [-0.05, 0) is 36.1 Å². The second-order valence-electron chi connectivity index (χ2n) is 5.68. The van der Waals surface area contributed by atoms with Gasteiger partial charge in [0.05, 0.1) is 11.7 Å². The van der Waals surface area contributed by atoms with Crippen LogP contribution >= 0.6 is 22.7 Å². The van der Waals surface area contributed by atoms with Crippen LogP contribution in [-0.2, 0) is 0 Å². The van der Waals surface area contributed by atoms with Gasteiger partial charge in [0.1, 0.15) is 23.4 Å². The van der Waals surface area contributed by atoms with Gasteiger partial charge in [-0.3, -0.25) is 4.79 Å². The predicted molar refractivity (Wildman–Crippen MR) is 103 cm³/mol. The van der Waals surface area contributed by atoms with Crippen molar-refractivity contribution in [3.63, 3.8) is 0 Å². The molecule has 1 N–H and O–H groups in total. The highest BCUT2D eigenvalue weighted by Crippen LogP contribution is 2.26. The molecule has 0 spiro atoms. The molecule has 26 heavy (non-hydrogen) atoms. The minimum absolute atomic E-state index is 0.126. The molecule has 1 atom stereocenters. The first-order valence-corrected chi connectivity index (χ1v) is 9.77. The fourth-order valence-electron chi connectivity index (χ4n) is 2.51. The highest BCUT2D eigenvalue weighted by molar-refractivity contribution is 7.14. The van der Waals surface area contributed by atoms with Gasteiger partial charge in [-0.1, -0.05) is 12.1 Å². The molecule has 1 amide bonds. The molecular formula is C18H15N5OS2. The zero-order valence-corrected chi connectivity index (χ0v) is 15.5. The van der Waals surface area contributed by atoms with E-state index in [2.05, 4.69) is 20.4 Å². The summed E-state index contributed by atoms with van der Waals surface area (Å²) < 4.78 is 1.69. The summed E-state index contributed by atoms with van der Waals surface area (Å²) in [6, 6.07) is 9.72. The molecule has 8 heteroatoms. The van der Waals surface area contributed by atoms with Crippen molar-refractivity contribution in [1.82, 2.24) is 25.1 Å². The summed E-state index contributed by atoms with van der Waals surface area (Å²) in [5.41, 5.74) is 3.43. The van der Waals surface area contributed by atoms with E-state index in [1.54, 1.807) is 27.7 Å². The molecule has 130 valence electrons. The summed E-state index contributed by atoms with van der Waals surface area (Å²) in [6.07, 6.45) is 3.14. The fraction of sp³-hybridized carbons (Fsp3) is 0.111. The Hall–Kier alpha value is -2.84. The van der Waals surface area contributed by atoms with Gasteiger partial charge in [-0.25, -0.2) is 14.6 Å². The third-order valence-electron chi connectivity index (χ3n) is 3.93. The fourth-order valence-corrected chi connectivity index (χ4v) is 4.02. The number of carbonyl (C=O) groups is 1. The lowest BCUT2D eigenvalue weighted by Crippen LogP contribution is -2.26. The molecular weight excluding hydrogens is 366 g/mol. The SMILES string of the molecule is C[C@H](NC(=O)c1csc(-c2ccsc2)n1)c1ccc(-n2cncn2)cc1. The Morgan fingerprint density at radius 1 is 1.19 bits per heavy atom. The van der Waals surface area contributed by atoms with Crippen molar-refractivity contribution in [3.8, 4) is 16.3 Å². The Bertz CT molecular complexity index is 991. The summed E-state index contributed by atoms with van der Waals surface area (Å²) in [4.78, 5) is 20.9. The molecule has 6 nitrogen and oxygen atoms in total. The van der Waals surface area contributed by atoms with Crippen molar-refractivity contribution in [2.75, 3.05) is 0 Å². The molecule has 0 aliphatic carbocycles. The molecule has 4 aromatic rings. The van der Waals surface area contributed by atoms with E-state index in [1.807, 2.05) is 48.0 Å². The smallest absolute Gasteiger partial charge is 0.271 e. The van der Waals surface area contributed by atoms with E-state index in [4.69, 9.17) is 0 Å². The Kier molecular flexibility index (Phi) is 4.59. The van der Waals surface area contributed by atoms with Crippen molar-refractivity contribution in [2.24, 2.45) is 0 Å². The van der Waals surface area contributed by atoms with Crippen molar-refractivity contribution >= 4 is 28.6 Å².